The van der Waals surface area contributed by atoms with Gasteiger partial charge in [-0.05, 0) is 68.9 Å². The monoisotopic (exact) mass is 531 g/mol. The quantitative estimate of drug-likeness (QED) is 0.353. The first kappa shape index (κ1) is 27.5. The fraction of sp³-hybridized carbons (Fsp3) is 0.370. The molecule has 9 heteroatoms. The zero-order valence-electron chi connectivity index (χ0n) is 21.5. The average Bonchev–Trinajstić information content (AvgIpc) is 3.30. The van der Waals surface area contributed by atoms with E-state index in [1.165, 1.54) is 23.0 Å². The molecule has 0 spiro atoms. The van der Waals surface area contributed by atoms with Crippen molar-refractivity contribution in [2.75, 3.05) is 11.9 Å². The summed E-state index contributed by atoms with van der Waals surface area (Å²) in [7, 11) is -3.55. The predicted molar refractivity (Wildman–Crippen MR) is 150 cm³/mol. The Labute approximate surface area is 220 Å². The molecule has 0 aliphatic rings. The molecule has 1 atom stereocenters. The fourth-order valence-electron chi connectivity index (χ4n) is 3.76. The molecule has 7 nitrogen and oxygen atoms in total. The molecule has 36 heavy (non-hydrogen) atoms. The third kappa shape index (κ3) is 6.20. The van der Waals surface area contributed by atoms with E-state index in [4.69, 9.17) is 0 Å². The second-order valence-electron chi connectivity index (χ2n) is 9.23. The highest BCUT2D eigenvalue weighted by Gasteiger charge is 2.24. The number of aryl methyl sites for hydroxylation is 2. The van der Waals surface area contributed by atoms with Crippen LogP contribution in [0.5, 0.6) is 0 Å². The van der Waals surface area contributed by atoms with Gasteiger partial charge in [0.05, 0.1) is 22.4 Å². The molecular weight excluding hydrogens is 494 g/mol. The Morgan fingerprint density at radius 1 is 1.08 bits per heavy atom. The number of carbonyl (C=O) groups is 2. The van der Waals surface area contributed by atoms with Crippen LogP contribution in [-0.4, -0.2) is 37.0 Å². The summed E-state index contributed by atoms with van der Waals surface area (Å²) >= 11 is 1.31. The number of hydrogen-bond donors (Lipinski definition) is 2. The molecule has 196 valence electrons. The number of nitrogens with one attached hydrogen (secondary N) is 2. The highest BCUT2D eigenvalue weighted by atomic mass is 32.2. The molecule has 2 amide bonds. The van der Waals surface area contributed by atoms with Crippen molar-refractivity contribution in [1.82, 2.24) is 10.3 Å². The second kappa shape index (κ2) is 11.3. The third-order valence-electron chi connectivity index (χ3n) is 6.22. The topological polar surface area (TPSA) is 105 Å². The van der Waals surface area contributed by atoms with Gasteiger partial charge in [0.1, 0.15) is 0 Å². The van der Waals surface area contributed by atoms with E-state index < -0.39 is 26.9 Å². The number of thiazole rings is 1. The fourth-order valence-corrected chi connectivity index (χ4v) is 5.79. The predicted octanol–water partition coefficient (Wildman–Crippen LogP) is 5.98. The Morgan fingerprint density at radius 2 is 1.81 bits per heavy atom. The van der Waals surface area contributed by atoms with Crippen molar-refractivity contribution >= 4 is 38.1 Å². The Morgan fingerprint density at radius 3 is 2.47 bits per heavy atom. The molecule has 0 aliphatic heterocycles. The van der Waals surface area contributed by atoms with Gasteiger partial charge in [-0.1, -0.05) is 38.1 Å². The lowest BCUT2D eigenvalue weighted by Crippen LogP contribution is -2.33. The lowest BCUT2D eigenvalue weighted by atomic mass is 9.96. The lowest BCUT2D eigenvalue weighted by Gasteiger charge is -2.14. The second-order valence-corrected chi connectivity index (χ2v) is 12.6. The largest absolute Gasteiger partial charge is 0.343 e. The first-order valence-electron chi connectivity index (χ1n) is 11.9. The molecule has 0 saturated carbocycles. The number of aromatic nitrogens is 1. The van der Waals surface area contributed by atoms with Gasteiger partial charge in [0, 0.05) is 19.4 Å². The van der Waals surface area contributed by atoms with Crippen LogP contribution in [0.2, 0.25) is 0 Å². The average molecular weight is 532 g/mol. The molecule has 1 heterocycles. The van der Waals surface area contributed by atoms with E-state index in [0.29, 0.717) is 22.2 Å². The van der Waals surface area contributed by atoms with Crippen LogP contribution in [0.15, 0.2) is 46.7 Å². The van der Waals surface area contributed by atoms with Crippen molar-refractivity contribution in [2.24, 2.45) is 0 Å². The molecule has 2 aromatic carbocycles. The Balaban J connectivity index is 0.00000361. The summed E-state index contributed by atoms with van der Waals surface area (Å²) < 4.78 is 25.4. The van der Waals surface area contributed by atoms with Crippen LogP contribution >= 0.6 is 11.3 Å². The maximum Gasteiger partial charge on any atom is 0.252 e. The zero-order chi connectivity index (χ0) is 26.6. The van der Waals surface area contributed by atoms with Crippen LogP contribution in [0, 0.1) is 13.8 Å². The maximum absolute atomic E-state index is 12.8. The molecule has 0 radical (unpaired) electrons. The van der Waals surface area contributed by atoms with Crippen molar-refractivity contribution < 1.29 is 20.9 Å². The molecule has 3 rings (SSSR count). The van der Waals surface area contributed by atoms with Crippen molar-refractivity contribution in [1.29, 1.82) is 0 Å². The van der Waals surface area contributed by atoms with Crippen LogP contribution in [0.25, 0.3) is 11.3 Å². The number of anilines is 1. The molecule has 2 N–H and O–H groups in total. The number of hydrogen-bond acceptors (Lipinski definition) is 6. The minimum Gasteiger partial charge on any atom is -0.343 e. The smallest absolute Gasteiger partial charge is 0.252 e. The summed E-state index contributed by atoms with van der Waals surface area (Å²) in [5.74, 6) is -0.480. The van der Waals surface area contributed by atoms with E-state index in [2.05, 4.69) is 41.6 Å². The summed E-state index contributed by atoms with van der Waals surface area (Å²) in [4.78, 5) is 29.9. The molecule has 1 unspecified atom stereocenters. The lowest BCUT2D eigenvalue weighted by molar-refractivity contribution is -0.115. The van der Waals surface area contributed by atoms with Gasteiger partial charge in [-0.2, -0.15) is 0 Å². The highest BCUT2D eigenvalue weighted by molar-refractivity contribution is 7.92. The Hall–Kier alpha value is -3.04. The number of carbonyl (C=O) groups excluding carboxylic acids is 2. The van der Waals surface area contributed by atoms with E-state index in [1.807, 2.05) is 17.5 Å². The number of sulfone groups is 1. The van der Waals surface area contributed by atoms with Gasteiger partial charge in [0.15, 0.2) is 15.0 Å². The van der Waals surface area contributed by atoms with Gasteiger partial charge in [-0.3, -0.25) is 9.59 Å². The minimum absolute atomic E-state index is 0. The zero-order valence-corrected chi connectivity index (χ0v) is 23.1. The molecule has 0 aliphatic carbocycles. The van der Waals surface area contributed by atoms with Gasteiger partial charge < -0.3 is 10.6 Å². The Bertz CT molecular complexity index is 1390. The van der Waals surface area contributed by atoms with Crippen molar-refractivity contribution in [2.45, 2.75) is 64.0 Å². The highest BCUT2D eigenvalue weighted by Crippen LogP contribution is 2.28. The molecule has 3 aromatic rings. The third-order valence-corrected chi connectivity index (χ3v) is 9.27. The van der Waals surface area contributed by atoms with E-state index in [1.54, 1.807) is 33.8 Å². The molecule has 0 fully saturated rings. The normalized spacial score (nSPS) is 12.4. The van der Waals surface area contributed by atoms with Crippen LogP contribution in [-0.2, 0) is 14.6 Å². The van der Waals surface area contributed by atoms with Gasteiger partial charge in [-0.25, -0.2) is 13.4 Å². The molecule has 0 bridgehead atoms. The minimum atomic E-state index is -3.55. The summed E-state index contributed by atoms with van der Waals surface area (Å²) in [5, 5.41) is 7.02. The van der Waals surface area contributed by atoms with E-state index in [9.17, 15) is 18.0 Å². The van der Waals surface area contributed by atoms with Gasteiger partial charge >= 0.3 is 0 Å². The van der Waals surface area contributed by atoms with E-state index >= 15 is 0 Å². The van der Waals surface area contributed by atoms with Crippen LogP contribution < -0.4 is 10.6 Å². The van der Waals surface area contributed by atoms with Crippen LogP contribution in [0.3, 0.4) is 0 Å². The summed E-state index contributed by atoms with van der Waals surface area (Å²) in [5.41, 5.74) is 4.46. The molecule has 0 saturated heterocycles. The first-order valence-corrected chi connectivity index (χ1v) is 14.4. The van der Waals surface area contributed by atoms with Crippen molar-refractivity contribution in [3.8, 4) is 11.3 Å². The van der Waals surface area contributed by atoms with E-state index in [0.717, 1.165) is 17.7 Å². The standard InChI is InChI=1S/C27H33N3O4S2.2H2/c1-7-17(4)20-9-8-10-21(12-20)23-15-35-27(29-23)30-25(31)14-28-26(32)22-13-24(19(6)11-18(22)5)36(33,34)16(2)3;;/h8-13,15-17H,7,14H2,1-6H3,(H,28,32)(H,29,30,31);2*1H. The van der Waals surface area contributed by atoms with Gasteiger partial charge in [0.25, 0.3) is 5.91 Å². The molecular formula is C27H37N3O4S2. The SMILES string of the molecule is CCC(C)c1cccc(-c2csc(NC(=O)CNC(=O)c3cc(S(=O)(=O)C(C)C)c(C)cc3C)n2)c1.[HH].[HH]. The number of nitrogens with zero attached hydrogens (tertiary/aromatic N) is 1. The summed E-state index contributed by atoms with van der Waals surface area (Å²) in [6.07, 6.45) is 1.05. The van der Waals surface area contributed by atoms with Gasteiger partial charge in [-0.15, -0.1) is 11.3 Å². The Kier molecular flexibility index (Phi) is 8.68. The molecule has 1 aromatic heterocycles. The van der Waals surface area contributed by atoms with Crippen LogP contribution in [0.4, 0.5) is 5.13 Å². The maximum atomic E-state index is 12.8. The van der Waals surface area contributed by atoms with Gasteiger partial charge in [0.2, 0.25) is 5.91 Å². The van der Waals surface area contributed by atoms with E-state index in [-0.39, 0.29) is 19.9 Å². The summed E-state index contributed by atoms with van der Waals surface area (Å²) in [6, 6.07) is 11.3. The van der Waals surface area contributed by atoms with Crippen molar-refractivity contribution in [3.63, 3.8) is 0 Å². The summed E-state index contributed by atoms with van der Waals surface area (Å²) in [6.45, 7) is 10.7. The first-order chi connectivity index (χ1) is 16.9. The number of benzene rings is 2. The number of rotatable bonds is 9. The van der Waals surface area contributed by atoms with Crippen molar-refractivity contribution in [3.05, 3.63) is 64.0 Å². The van der Waals surface area contributed by atoms with Crippen LogP contribution in [0.1, 0.15) is 69.9 Å². The number of amides is 2.